The zero-order valence-corrected chi connectivity index (χ0v) is 13.3. The average molecular weight is 292 g/mol. The fourth-order valence-electron chi connectivity index (χ4n) is 1.89. The Kier molecular flexibility index (Phi) is 6.73. The molecule has 1 heterocycles. The van der Waals surface area contributed by atoms with Crippen LogP contribution in [0.1, 0.15) is 27.2 Å². The van der Waals surface area contributed by atoms with Gasteiger partial charge in [0.05, 0.1) is 23.7 Å². The summed E-state index contributed by atoms with van der Waals surface area (Å²) < 4.78 is 28.4. The first-order valence-electron chi connectivity index (χ1n) is 7.06. The van der Waals surface area contributed by atoms with Crippen LogP contribution in [-0.4, -0.2) is 69.8 Å². The predicted molar refractivity (Wildman–Crippen MR) is 78.3 cm³/mol. The summed E-state index contributed by atoms with van der Waals surface area (Å²) >= 11 is 0. The second-order valence-electron chi connectivity index (χ2n) is 5.99. The molecular weight excluding hydrogens is 264 g/mol. The lowest BCUT2D eigenvalue weighted by Gasteiger charge is -2.26. The minimum Gasteiger partial charge on any atom is -0.379 e. The van der Waals surface area contributed by atoms with E-state index >= 15 is 0 Å². The van der Waals surface area contributed by atoms with Gasteiger partial charge >= 0.3 is 0 Å². The highest BCUT2D eigenvalue weighted by Crippen LogP contribution is 2.15. The normalized spacial score (nSPS) is 18.7. The summed E-state index contributed by atoms with van der Waals surface area (Å²) in [6, 6.07) is 0. The molecule has 1 rings (SSSR count). The number of ether oxygens (including phenoxy) is 1. The van der Waals surface area contributed by atoms with Gasteiger partial charge in [-0.05, 0) is 40.3 Å². The lowest BCUT2D eigenvalue weighted by molar-refractivity contribution is 0.0375. The molecule has 6 heteroatoms. The van der Waals surface area contributed by atoms with Gasteiger partial charge in [0.15, 0.2) is 9.84 Å². The van der Waals surface area contributed by atoms with Crippen molar-refractivity contribution in [2.45, 2.75) is 31.9 Å². The van der Waals surface area contributed by atoms with Crippen molar-refractivity contribution >= 4 is 9.84 Å². The highest BCUT2D eigenvalue weighted by atomic mass is 32.2. The molecule has 1 fully saturated rings. The number of sulfone groups is 1. The Morgan fingerprint density at radius 2 is 1.79 bits per heavy atom. The monoisotopic (exact) mass is 292 g/mol. The first-order chi connectivity index (χ1) is 8.83. The molecular formula is C13H28N2O3S. The summed E-state index contributed by atoms with van der Waals surface area (Å²) in [5, 5.41) is 3.22. The van der Waals surface area contributed by atoms with Gasteiger partial charge in [-0.1, -0.05) is 0 Å². The van der Waals surface area contributed by atoms with Crippen LogP contribution in [0.3, 0.4) is 0 Å². The smallest absolute Gasteiger partial charge is 0.156 e. The number of hydrogen-bond donors (Lipinski definition) is 1. The van der Waals surface area contributed by atoms with Crippen LogP contribution >= 0.6 is 0 Å². The van der Waals surface area contributed by atoms with E-state index in [9.17, 15) is 8.42 Å². The van der Waals surface area contributed by atoms with Crippen molar-refractivity contribution in [2.75, 3.05) is 51.7 Å². The molecule has 0 aromatic rings. The summed E-state index contributed by atoms with van der Waals surface area (Å²) in [6.45, 7) is 11.4. The molecule has 0 unspecified atom stereocenters. The van der Waals surface area contributed by atoms with E-state index in [1.807, 2.05) is 0 Å². The van der Waals surface area contributed by atoms with Crippen LogP contribution in [0.4, 0.5) is 0 Å². The number of rotatable bonds is 7. The van der Waals surface area contributed by atoms with E-state index in [1.54, 1.807) is 20.8 Å². The van der Waals surface area contributed by atoms with Crippen molar-refractivity contribution < 1.29 is 13.2 Å². The Bertz CT molecular complexity index is 343. The number of morpholine rings is 1. The highest BCUT2D eigenvalue weighted by Gasteiger charge is 2.27. The van der Waals surface area contributed by atoms with Crippen LogP contribution in [0.5, 0.6) is 0 Å². The third-order valence-electron chi connectivity index (χ3n) is 3.41. The Hall–Kier alpha value is -0.170. The van der Waals surface area contributed by atoms with Crippen molar-refractivity contribution in [3.63, 3.8) is 0 Å². The van der Waals surface area contributed by atoms with Gasteiger partial charge in [-0.25, -0.2) is 8.42 Å². The number of hydrogen-bond acceptors (Lipinski definition) is 5. The highest BCUT2D eigenvalue weighted by molar-refractivity contribution is 7.92. The van der Waals surface area contributed by atoms with Crippen LogP contribution < -0.4 is 5.32 Å². The average Bonchev–Trinajstić information content (AvgIpc) is 2.33. The Labute approximate surface area is 117 Å². The zero-order valence-electron chi connectivity index (χ0n) is 12.4. The van der Waals surface area contributed by atoms with Crippen molar-refractivity contribution in [3.8, 4) is 0 Å². The topological polar surface area (TPSA) is 58.6 Å². The molecule has 0 aromatic carbocycles. The second kappa shape index (κ2) is 7.57. The SMILES string of the molecule is CC(C)(C)S(=O)(=O)CCNCCCN1CCOCC1. The standard InChI is InChI=1S/C13H28N2O3S/c1-13(2,3)19(16,17)12-6-14-5-4-7-15-8-10-18-11-9-15/h14H,4-12H2,1-3H3. The third-order valence-corrected chi connectivity index (χ3v) is 6.02. The molecule has 19 heavy (non-hydrogen) atoms. The molecule has 1 N–H and O–H groups in total. The van der Waals surface area contributed by atoms with Crippen molar-refractivity contribution in [1.82, 2.24) is 10.2 Å². The van der Waals surface area contributed by atoms with Crippen LogP contribution in [0, 0.1) is 0 Å². The van der Waals surface area contributed by atoms with Crippen LogP contribution in [0.25, 0.3) is 0 Å². The van der Waals surface area contributed by atoms with Gasteiger partial charge in [0.1, 0.15) is 0 Å². The molecule has 114 valence electrons. The molecule has 0 bridgehead atoms. The van der Waals surface area contributed by atoms with Crippen LogP contribution in [-0.2, 0) is 14.6 Å². The molecule has 0 amide bonds. The third kappa shape index (κ3) is 6.21. The fourth-order valence-corrected chi connectivity index (χ4v) is 2.92. The summed E-state index contributed by atoms with van der Waals surface area (Å²) in [4.78, 5) is 2.39. The van der Waals surface area contributed by atoms with Crippen molar-refractivity contribution in [3.05, 3.63) is 0 Å². The summed E-state index contributed by atoms with van der Waals surface area (Å²) in [5.41, 5.74) is 0. The van der Waals surface area contributed by atoms with Gasteiger partial charge in [-0.2, -0.15) is 0 Å². The molecule has 1 aliphatic rings. The van der Waals surface area contributed by atoms with Crippen molar-refractivity contribution in [1.29, 1.82) is 0 Å². The quantitative estimate of drug-likeness (QED) is 0.693. The maximum Gasteiger partial charge on any atom is 0.156 e. The van der Waals surface area contributed by atoms with E-state index in [0.717, 1.165) is 45.8 Å². The number of nitrogens with one attached hydrogen (secondary N) is 1. The first kappa shape index (κ1) is 16.9. The van der Waals surface area contributed by atoms with Crippen molar-refractivity contribution in [2.24, 2.45) is 0 Å². The van der Waals surface area contributed by atoms with Gasteiger partial charge in [-0.15, -0.1) is 0 Å². The predicted octanol–water partition coefficient (Wildman–Crippen LogP) is 0.512. The fraction of sp³-hybridized carbons (Fsp3) is 1.00. The minimum atomic E-state index is -2.99. The Morgan fingerprint density at radius 1 is 1.16 bits per heavy atom. The van der Waals surface area contributed by atoms with Crippen LogP contribution in [0.15, 0.2) is 0 Å². The first-order valence-corrected chi connectivity index (χ1v) is 8.71. The van der Waals surface area contributed by atoms with Gasteiger partial charge in [0.2, 0.25) is 0 Å². The molecule has 0 saturated carbocycles. The minimum absolute atomic E-state index is 0.216. The molecule has 0 spiro atoms. The van der Waals surface area contributed by atoms with E-state index in [1.165, 1.54) is 0 Å². The maximum absolute atomic E-state index is 11.9. The van der Waals surface area contributed by atoms with E-state index in [0.29, 0.717) is 6.54 Å². The molecule has 5 nitrogen and oxygen atoms in total. The van der Waals surface area contributed by atoms with E-state index in [4.69, 9.17) is 4.74 Å². The van der Waals surface area contributed by atoms with E-state index in [-0.39, 0.29) is 5.75 Å². The van der Waals surface area contributed by atoms with Gasteiger partial charge < -0.3 is 10.1 Å². The molecule has 0 atom stereocenters. The Balaban J connectivity index is 2.05. The van der Waals surface area contributed by atoms with Gasteiger partial charge in [0.25, 0.3) is 0 Å². The van der Waals surface area contributed by atoms with E-state index < -0.39 is 14.6 Å². The van der Waals surface area contributed by atoms with Gasteiger partial charge in [-0.3, -0.25) is 4.90 Å². The molecule has 0 radical (unpaired) electrons. The second-order valence-corrected chi connectivity index (χ2v) is 8.85. The van der Waals surface area contributed by atoms with Gasteiger partial charge in [0, 0.05) is 19.6 Å². The molecule has 0 aliphatic carbocycles. The largest absolute Gasteiger partial charge is 0.379 e. The zero-order chi connectivity index (χ0) is 14.4. The Morgan fingerprint density at radius 3 is 2.37 bits per heavy atom. The summed E-state index contributed by atoms with van der Waals surface area (Å²) in [6.07, 6.45) is 1.05. The lowest BCUT2D eigenvalue weighted by Crippen LogP contribution is -2.38. The maximum atomic E-state index is 11.9. The lowest BCUT2D eigenvalue weighted by atomic mass is 10.3. The number of nitrogens with zero attached hydrogens (tertiary/aromatic N) is 1. The molecule has 0 aromatic heterocycles. The van der Waals surface area contributed by atoms with Crippen LogP contribution in [0.2, 0.25) is 0 Å². The molecule has 1 saturated heterocycles. The summed E-state index contributed by atoms with van der Waals surface area (Å²) in [5.74, 6) is 0.216. The van der Waals surface area contributed by atoms with E-state index in [2.05, 4.69) is 10.2 Å². The molecule has 1 aliphatic heterocycles. The summed E-state index contributed by atoms with van der Waals surface area (Å²) in [7, 11) is -2.99.